The first-order chi connectivity index (χ1) is 8.91. The van der Waals surface area contributed by atoms with E-state index in [1.54, 1.807) is 32.0 Å². The first kappa shape index (κ1) is 13.3. The van der Waals surface area contributed by atoms with Gasteiger partial charge in [0.15, 0.2) is 0 Å². The number of aromatic nitrogens is 1. The molecule has 0 bridgehead atoms. The normalized spacial score (nSPS) is 10.6. The first-order valence-electron chi connectivity index (χ1n) is 5.45. The second-order valence-electron chi connectivity index (χ2n) is 4.07. The number of benzene rings is 1. The third-order valence-corrected chi connectivity index (χ3v) is 2.86. The quantitative estimate of drug-likeness (QED) is 0.659. The topological polar surface area (TPSA) is 24.9 Å². The number of anilines is 2. The van der Waals surface area contributed by atoms with Crippen LogP contribution in [0, 0.1) is 37.4 Å². The standard InChI is InChI=1S/C13H10F4N2/c1-6-4-3-5-8(7(6)2)18-11-9(14)12(16)19-13(17)10(11)15/h3-5H,1-2H3,(H,18,19). The van der Waals surface area contributed by atoms with Crippen LogP contribution in [-0.4, -0.2) is 4.98 Å². The summed E-state index contributed by atoms with van der Waals surface area (Å²) in [7, 11) is 0. The highest BCUT2D eigenvalue weighted by Gasteiger charge is 2.21. The number of nitrogens with zero attached hydrogens (tertiary/aromatic N) is 1. The van der Waals surface area contributed by atoms with Gasteiger partial charge >= 0.3 is 0 Å². The van der Waals surface area contributed by atoms with Crippen LogP contribution in [0.15, 0.2) is 18.2 Å². The van der Waals surface area contributed by atoms with Gasteiger partial charge in [0.05, 0.1) is 0 Å². The Morgan fingerprint density at radius 3 is 2.11 bits per heavy atom. The van der Waals surface area contributed by atoms with E-state index in [0.717, 1.165) is 11.1 Å². The van der Waals surface area contributed by atoms with Crippen molar-refractivity contribution >= 4 is 11.4 Å². The number of hydrogen-bond donors (Lipinski definition) is 1. The van der Waals surface area contributed by atoms with E-state index in [0.29, 0.717) is 5.69 Å². The molecule has 2 aromatic rings. The van der Waals surface area contributed by atoms with Crippen molar-refractivity contribution in [2.24, 2.45) is 0 Å². The van der Waals surface area contributed by atoms with Gasteiger partial charge in [0.1, 0.15) is 5.69 Å². The molecule has 0 aliphatic heterocycles. The maximum Gasteiger partial charge on any atom is 0.253 e. The molecule has 100 valence electrons. The van der Waals surface area contributed by atoms with Crippen molar-refractivity contribution in [2.75, 3.05) is 5.32 Å². The van der Waals surface area contributed by atoms with Crippen molar-refractivity contribution < 1.29 is 17.6 Å². The lowest BCUT2D eigenvalue weighted by molar-refractivity contribution is 0.411. The Labute approximate surface area is 107 Å². The van der Waals surface area contributed by atoms with E-state index in [-0.39, 0.29) is 0 Å². The van der Waals surface area contributed by atoms with Gasteiger partial charge in [0, 0.05) is 5.69 Å². The monoisotopic (exact) mass is 270 g/mol. The van der Waals surface area contributed by atoms with Crippen LogP contribution in [0.3, 0.4) is 0 Å². The minimum atomic E-state index is -1.69. The van der Waals surface area contributed by atoms with Crippen LogP contribution in [0.2, 0.25) is 0 Å². The maximum absolute atomic E-state index is 13.5. The van der Waals surface area contributed by atoms with E-state index in [1.807, 2.05) is 0 Å². The van der Waals surface area contributed by atoms with Crippen LogP contribution in [-0.2, 0) is 0 Å². The molecule has 19 heavy (non-hydrogen) atoms. The molecule has 0 saturated heterocycles. The van der Waals surface area contributed by atoms with Crippen molar-refractivity contribution in [3.63, 3.8) is 0 Å². The molecule has 0 amide bonds. The summed E-state index contributed by atoms with van der Waals surface area (Å²) in [5.41, 5.74) is 1.07. The molecule has 1 aromatic carbocycles. The fraction of sp³-hybridized carbons (Fsp3) is 0.154. The largest absolute Gasteiger partial charge is 0.350 e. The van der Waals surface area contributed by atoms with Gasteiger partial charge in [-0.2, -0.15) is 22.5 Å². The highest BCUT2D eigenvalue weighted by molar-refractivity contribution is 5.65. The predicted octanol–water partition coefficient (Wildman–Crippen LogP) is 4.00. The second kappa shape index (κ2) is 4.87. The third kappa shape index (κ3) is 2.38. The molecular weight excluding hydrogens is 260 g/mol. The van der Waals surface area contributed by atoms with Gasteiger partial charge in [-0.25, -0.2) is 0 Å². The fourth-order valence-corrected chi connectivity index (χ4v) is 1.62. The minimum Gasteiger partial charge on any atom is -0.350 e. The Kier molecular flexibility index (Phi) is 3.42. The molecule has 0 unspecified atom stereocenters. The molecule has 0 fully saturated rings. The number of hydrogen-bond acceptors (Lipinski definition) is 2. The number of aryl methyl sites for hydroxylation is 1. The van der Waals surface area contributed by atoms with Crippen LogP contribution in [0.5, 0.6) is 0 Å². The van der Waals surface area contributed by atoms with Crippen molar-refractivity contribution in [1.82, 2.24) is 4.98 Å². The lowest BCUT2D eigenvalue weighted by Crippen LogP contribution is -2.07. The molecule has 1 N–H and O–H groups in total. The molecule has 0 aliphatic rings. The second-order valence-corrected chi connectivity index (χ2v) is 4.07. The van der Waals surface area contributed by atoms with Crippen molar-refractivity contribution in [2.45, 2.75) is 13.8 Å². The van der Waals surface area contributed by atoms with Crippen LogP contribution < -0.4 is 5.32 Å². The minimum absolute atomic E-state index is 0.364. The summed E-state index contributed by atoms with van der Waals surface area (Å²) in [4.78, 5) is 2.49. The lowest BCUT2D eigenvalue weighted by Gasteiger charge is -2.13. The summed E-state index contributed by atoms with van der Waals surface area (Å²) in [6.07, 6.45) is 0. The summed E-state index contributed by atoms with van der Waals surface area (Å²) in [6.45, 7) is 3.53. The number of nitrogens with one attached hydrogen (secondary N) is 1. The van der Waals surface area contributed by atoms with E-state index in [4.69, 9.17) is 0 Å². The number of halogens is 4. The molecular formula is C13H10F4N2. The predicted molar refractivity (Wildman–Crippen MR) is 63.3 cm³/mol. The van der Waals surface area contributed by atoms with Crippen LogP contribution in [0.25, 0.3) is 0 Å². The summed E-state index contributed by atoms with van der Waals surface area (Å²) < 4.78 is 52.8. The average Bonchev–Trinajstić information content (AvgIpc) is 2.37. The highest BCUT2D eigenvalue weighted by atomic mass is 19.2. The molecule has 1 aromatic heterocycles. The van der Waals surface area contributed by atoms with Crippen molar-refractivity contribution in [3.8, 4) is 0 Å². The molecule has 1 heterocycles. The zero-order valence-corrected chi connectivity index (χ0v) is 10.2. The van der Waals surface area contributed by atoms with Crippen LogP contribution >= 0.6 is 0 Å². The highest BCUT2D eigenvalue weighted by Crippen LogP contribution is 2.28. The number of pyridine rings is 1. The van der Waals surface area contributed by atoms with Gasteiger partial charge in [0.25, 0.3) is 11.9 Å². The van der Waals surface area contributed by atoms with Gasteiger partial charge in [-0.05, 0) is 31.0 Å². The Morgan fingerprint density at radius 1 is 0.947 bits per heavy atom. The molecule has 0 spiro atoms. The molecule has 0 atom stereocenters. The number of rotatable bonds is 2. The van der Waals surface area contributed by atoms with Gasteiger partial charge in [-0.1, -0.05) is 12.1 Å². The molecule has 6 heteroatoms. The van der Waals surface area contributed by atoms with E-state index in [9.17, 15) is 17.6 Å². The zero-order chi connectivity index (χ0) is 14.2. The molecule has 0 saturated carbocycles. The molecule has 0 aliphatic carbocycles. The SMILES string of the molecule is Cc1cccc(Nc2c(F)c(F)nc(F)c2F)c1C. The third-order valence-electron chi connectivity index (χ3n) is 2.86. The molecule has 2 rings (SSSR count). The summed E-state index contributed by atoms with van der Waals surface area (Å²) in [5.74, 6) is -6.49. The Bertz CT molecular complexity index is 615. The van der Waals surface area contributed by atoms with Gasteiger partial charge < -0.3 is 5.32 Å². The molecule has 2 nitrogen and oxygen atoms in total. The molecule has 0 radical (unpaired) electrons. The smallest absolute Gasteiger partial charge is 0.253 e. The summed E-state index contributed by atoms with van der Waals surface area (Å²) >= 11 is 0. The fourth-order valence-electron chi connectivity index (χ4n) is 1.62. The van der Waals surface area contributed by atoms with E-state index in [1.165, 1.54) is 0 Å². The van der Waals surface area contributed by atoms with Gasteiger partial charge in [0.2, 0.25) is 11.6 Å². The lowest BCUT2D eigenvalue weighted by atomic mass is 10.1. The van der Waals surface area contributed by atoms with Crippen molar-refractivity contribution in [3.05, 3.63) is 52.9 Å². The zero-order valence-electron chi connectivity index (χ0n) is 10.2. The van der Waals surface area contributed by atoms with Crippen molar-refractivity contribution in [1.29, 1.82) is 0 Å². The summed E-state index contributed by atoms with van der Waals surface area (Å²) in [6, 6.07) is 5.02. The van der Waals surface area contributed by atoms with E-state index in [2.05, 4.69) is 10.3 Å². The van der Waals surface area contributed by atoms with E-state index < -0.39 is 29.2 Å². The average molecular weight is 270 g/mol. The maximum atomic E-state index is 13.5. The Morgan fingerprint density at radius 2 is 1.53 bits per heavy atom. The first-order valence-corrected chi connectivity index (χ1v) is 5.45. The van der Waals surface area contributed by atoms with Crippen LogP contribution in [0.4, 0.5) is 28.9 Å². The Hall–Kier alpha value is -2.11. The van der Waals surface area contributed by atoms with E-state index >= 15 is 0 Å². The van der Waals surface area contributed by atoms with Crippen LogP contribution in [0.1, 0.15) is 11.1 Å². The van der Waals surface area contributed by atoms with Gasteiger partial charge in [-0.15, -0.1) is 0 Å². The van der Waals surface area contributed by atoms with Gasteiger partial charge in [-0.3, -0.25) is 0 Å². The summed E-state index contributed by atoms with van der Waals surface area (Å²) in [5, 5.41) is 2.36. The Balaban J connectivity index is 2.52.